The van der Waals surface area contributed by atoms with Crippen LogP contribution >= 0.6 is 11.6 Å². The van der Waals surface area contributed by atoms with Gasteiger partial charge in [-0.15, -0.1) is 0 Å². The first kappa shape index (κ1) is 13.1. The summed E-state index contributed by atoms with van der Waals surface area (Å²) in [5, 5.41) is 14.4. The van der Waals surface area contributed by atoms with Crippen LogP contribution in [0.15, 0.2) is 18.2 Å². The van der Waals surface area contributed by atoms with Crippen molar-refractivity contribution in [2.75, 3.05) is 5.32 Å². The van der Waals surface area contributed by atoms with E-state index in [0.29, 0.717) is 6.04 Å². The first-order valence-electron chi connectivity index (χ1n) is 6.10. The van der Waals surface area contributed by atoms with Gasteiger partial charge in [-0.2, -0.15) is 0 Å². The number of nitro benzene ring substituents is 1. The molecule has 1 aliphatic rings. The molecule has 1 fully saturated rings. The molecule has 1 N–H and O–H groups in total. The molecule has 2 rings (SSSR count). The van der Waals surface area contributed by atoms with E-state index in [2.05, 4.69) is 19.2 Å². The van der Waals surface area contributed by atoms with Gasteiger partial charge in [-0.25, -0.2) is 0 Å². The van der Waals surface area contributed by atoms with Crippen molar-refractivity contribution >= 4 is 23.0 Å². The van der Waals surface area contributed by atoms with Crippen molar-refractivity contribution in [1.29, 1.82) is 0 Å². The Balaban J connectivity index is 2.20. The number of nitrogens with zero attached hydrogens (tertiary/aromatic N) is 1. The van der Waals surface area contributed by atoms with Crippen LogP contribution < -0.4 is 5.32 Å². The van der Waals surface area contributed by atoms with Crippen LogP contribution in [0.1, 0.15) is 33.1 Å². The van der Waals surface area contributed by atoms with Crippen molar-refractivity contribution in [2.45, 2.75) is 39.2 Å². The molecule has 1 aromatic carbocycles. The average molecular weight is 269 g/mol. The van der Waals surface area contributed by atoms with Gasteiger partial charge in [-0.3, -0.25) is 10.1 Å². The van der Waals surface area contributed by atoms with Crippen LogP contribution in [-0.2, 0) is 0 Å². The fourth-order valence-electron chi connectivity index (χ4n) is 2.54. The van der Waals surface area contributed by atoms with Crippen molar-refractivity contribution in [3.05, 3.63) is 33.3 Å². The molecule has 1 saturated carbocycles. The molecule has 18 heavy (non-hydrogen) atoms. The van der Waals surface area contributed by atoms with E-state index < -0.39 is 4.92 Å². The first-order chi connectivity index (χ1) is 8.40. The van der Waals surface area contributed by atoms with Gasteiger partial charge < -0.3 is 5.32 Å². The second kappa shape index (κ2) is 4.76. The SMILES string of the molecule is CC1(C)CCCC1Nc1ccc(Cl)c([N+](=O)[O-])c1. The number of rotatable bonds is 3. The van der Waals surface area contributed by atoms with Crippen molar-refractivity contribution in [1.82, 2.24) is 0 Å². The Morgan fingerprint density at radius 2 is 2.22 bits per heavy atom. The predicted octanol–water partition coefficient (Wildman–Crippen LogP) is 4.24. The monoisotopic (exact) mass is 268 g/mol. The fourth-order valence-corrected chi connectivity index (χ4v) is 2.72. The lowest BCUT2D eigenvalue weighted by atomic mass is 9.87. The summed E-state index contributed by atoms with van der Waals surface area (Å²) in [5.41, 5.74) is 0.956. The minimum Gasteiger partial charge on any atom is -0.382 e. The summed E-state index contributed by atoms with van der Waals surface area (Å²) >= 11 is 5.79. The van der Waals surface area contributed by atoms with Gasteiger partial charge in [0.15, 0.2) is 0 Å². The number of hydrogen-bond acceptors (Lipinski definition) is 3. The molecule has 0 heterocycles. The summed E-state index contributed by atoms with van der Waals surface area (Å²) in [5.74, 6) is 0. The van der Waals surface area contributed by atoms with E-state index in [0.717, 1.165) is 12.1 Å². The number of nitrogens with one attached hydrogen (secondary N) is 1. The molecule has 0 aromatic heterocycles. The molecule has 98 valence electrons. The zero-order chi connectivity index (χ0) is 13.3. The third kappa shape index (κ3) is 2.58. The topological polar surface area (TPSA) is 55.2 Å². The summed E-state index contributed by atoms with van der Waals surface area (Å²) in [6.07, 6.45) is 3.48. The lowest BCUT2D eigenvalue weighted by Gasteiger charge is -2.28. The fraction of sp³-hybridized carbons (Fsp3) is 0.538. The average Bonchev–Trinajstić information content (AvgIpc) is 2.60. The lowest BCUT2D eigenvalue weighted by Crippen LogP contribution is -2.30. The van der Waals surface area contributed by atoms with E-state index in [1.807, 2.05) is 0 Å². The first-order valence-corrected chi connectivity index (χ1v) is 6.48. The van der Waals surface area contributed by atoms with E-state index in [1.54, 1.807) is 12.1 Å². The highest BCUT2D eigenvalue weighted by Crippen LogP contribution is 2.39. The Labute approximate surface area is 111 Å². The maximum atomic E-state index is 10.8. The van der Waals surface area contributed by atoms with E-state index in [1.165, 1.54) is 18.9 Å². The van der Waals surface area contributed by atoms with Gasteiger partial charge in [0, 0.05) is 17.8 Å². The number of benzene rings is 1. The van der Waals surface area contributed by atoms with E-state index in [4.69, 9.17) is 11.6 Å². The van der Waals surface area contributed by atoms with Crippen LogP contribution in [0.5, 0.6) is 0 Å². The lowest BCUT2D eigenvalue weighted by molar-refractivity contribution is -0.384. The Kier molecular flexibility index (Phi) is 3.48. The quantitative estimate of drug-likeness (QED) is 0.659. The van der Waals surface area contributed by atoms with Crippen LogP contribution in [0, 0.1) is 15.5 Å². The molecule has 0 saturated heterocycles. The Hall–Kier alpha value is -1.29. The highest BCUT2D eigenvalue weighted by molar-refractivity contribution is 6.32. The van der Waals surface area contributed by atoms with Crippen molar-refractivity contribution in [2.24, 2.45) is 5.41 Å². The second-order valence-corrected chi connectivity index (χ2v) is 5.91. The van der Waals surface area contributed by atoms with Crippen molar-refractivity contribution in [3.8, 4) is 0 Å². The predicted molar refractivity (Wildman–Crippen MR) is 73.1 cm³/mol. The zero-order valence-electron chi connectivity index (χ0n) is 10.6. The molecule has 5 heteroatoms. The highest BCUT2D eigenvalue weighted by atomic mass is 35.5. The molecular formula is C13H17ClN2O2. The second-order valence-electron chi connectivity index (χ2n) is 5.50. The normalized spacial score (nSPS) is 21.8. The summed E-state index contributed by atoms with van der Waals surface area (Å²) in [4.78, 5) is 10.4. The molecule has 1 aromatic rings. The van der Waals surface area contributed by atoms with Crippen LogP contribution in [0.25, 0.3) is 0 Å². The molecule has 1 atom stereocenters. The van der Waals surface area contributed by atoms with Gasteiger partial charge in [-0.05, 0) is 30.4 Å². The van der Waals surface area contributed by atoms with Crippen LogP contribution in [0.3, 0.4) is 0 Å². The minimum atomic E-state index is -0.451. The Morgan fingerprint density at radius 1 is 1.50 bits per heavy atom. The van der Waals surface area contributed by atoms with Crippen molar-refractivity contribution < 1.29 is 4.92 Å². The van der Waals surface area contributed by atoms with Gasteiger partial charge >= 0.3 is 0 Å². The van der Waals surface area contributed by atoms with E-state index >= 15 is 0 Å². The van der Waals surface area contributed by atoms with Gasteiger partial charge in [-0.1, -0.05) is 31.9 Å². The molecule has 0 amide bonds. The van der Waals surface area contributed by atoms with E-state index in [9.17, 15) is 10.1 Å². The summed E-state index contributed by atoms with van der Waals surface area (Å²) in [6.45, 7) is 4.45. The summed E-state index contributed by atoms with van der Waals surface area (Å²) in [6, 6.07) is 5.24. The maximum Gasteiger partial charge on any atom is 0.289 e. The standard InChI is InChI=1S/C13H17ClN2O2/c1-13(2)7-3-4-12(13)15-9-5-6-10(14)11(8-9)16(17)18/h5-6,8,12,15H,3-4,7H2,1-2H3. The van der Waals surface area contributed by atoms with Gasteiger partial charge in [0.1, 0.15) is 5.02 Å². The Morgan fingerprint density at radius 3 is 2.78 bits per heavy atom. The van der Waals surface area contributed by atoms with Crippen LogP contribution in [0.4, 0.5) is 11.4 Å². The van der Waals surface area contributed by atoms with Crippen molar-refractivity contribution in [3.63, 3.8) is 0 Å². The Bertz CT molecular complexity index is 474. The summed E-state index contributed by atoms with van der Waals surface area (Å²) < 4.78 is 0. The largest absolute Gasteiger partial charge is 0.382 e. The zero-order valence-corrected chi connectivity index (χ0v) is 11.3. The molecule has 0 radical (unpaired) electrons. The number of hydrogen-bond donors (Lipinski definition) is 1. The summed E-state index contributed by atoms with van der Waals surface area (Å²) in [7, 11) is 0. The van der Waals surface area contributed by atoms with Crippen LogP contribution in [0.2, 0.25) is 5.02 Å². The third-order valence-corrected chi connectivity index (χ3v) is 4.06. The van der Waals surface area contributed by atoms with Crippen LogP contribution in [-0.4, -0.2) is 11.0 Å². The molecule has 0 bridgehead atoms. The highest BCUT2D eigenvalue weighted by Gasteiger charge is 2.34. The number of anilines is 1. The molecule has 1 unspecified atom stereocenters. The molecule has 1 aliphatic carbocycles. The maximum absolute atomic E-state index is 10.8. The van der Waals surface area contributed by atoms with E-state index in [-0.39, 0.29) is 16.1 Å². The van der Waals surface area contributed by atoms with Gasteiger partial charge in [0.25, 0.3) is 5.69 Å². The smallest absolute Gasteiger partial charge is 0.289 e. The third-order valence-electron chi connectivity index (χ3n) is 3.74. The molecule has 4 nitrogen and oxygen atoms in total. The van der Waals surface area contributed by atoms with Gasteiger partial charge in [0.2, 0.25) is 0 Å². The molecule has 0 aliphatic heterocycles. The van der Waals surface area contributed by atoms with Gasteiger partial charge in [0.05, 0.1) is 4.92 Å². The number of halogens is 1. The molecular weight excluding hydrogens is 252 g/mol. The molecule has 0 spiro atoms. The minimum absolute atomic E-state index is 0.0440. The number of nitro groups is 1.